The summed E-state index contributed by atoms with van der Waals surface area (Å²) in [7, 11) is 3.45. The van der Waals surface area contributed by atoms with Crippen molar-refractivity contribution in [3.63, 3.8) is 0 Å². The minimum absolute atomic E-state index is 0.0207. The molecule has 4 heteroatoms. The molecular weight excluding hydrogens is 166 g/mol. The van der Waals surface area contributed by atoms with Crippen molar-refractivity contribution in [1.82, 2.24) is 10.2 Å². The molecule has 0 aliphatic rings. The van der Waals surface area contributed by atoms with Gasteiger partial charge in [-0.3, -0.25) is 9.69 Å². The molecule has 0 aromatic rings. The van der Waals surface area contributed by atoms with E-state index in [2.05, 4.69) is 11.4 Å². The summed E-state index contributed by atoms with van der Waals surface area (Å²) in [5, 5.41) is 11.2. The topological polar surface area (TPSA) is 56.1 Å². The van der Waals surface area contributed by atoms with Gasteiger partial charge in [-0.2, -0.15) is 5.26 Å². The van der Waals surface area contributed by atoms with Crippen LogP contribution in [0, 0.1) is 17.2 Å². The van der Waals surface area contributed by atoms with E-state index in [0.29, 0.717) is 6.54 Å². The quantitative estimate of drug-likeness (QED) is 0.678. The van der Waals surface area contributed by atoms with E-state index in [9.17, 15) is 4.79 Å². The molecule has 0 saturated carbocycles. The van der Waals surface area contributed by atoms with E-state index in [1.807, 2.05) is 25.8 Å². The Morgan fingerprint density at radius 1 is 1.62 bits per heavy atom. The third kappa shape index (κ3) is 3.90. The third-order valence-electron chi connectivity index (χ3n) is 2.07. The molecule has 74 valence electrons. The lowest BCUT2D eigenvalue weighted by Gasteiger charge is -2.23. The molecular formula is C9H17N3O. The molecule has 1 amide bonds. The van der Waals surface area contributed by atoms with Gasteiger partial charge in [-0.15, -0.1) is 0 Å². The van der Waals surface area contributed by atoms with Crippen LogP contribution in [0.4, 0.5) is 0 Å². The molecule has 4 nitrogen and oxygen atoms in total. The van der Waals surface area contributed by atoms with Gasteiger partial charge in [-0.25, -0.2) is 0 Å². The first kappa shape index (κ1) is 11.9. The van der Waals surface area contributed by atoms with Crippen LogP contribution in [-0.4, -0.2) is 37.5 Å². The highest BCUT2D eigenvalue weighted by atomic mass is 16.2. The van der Waals surface area contributed by atoms with Crippen molar-refractivity contribution < 1.29 is 4.79 Å². The number of nitrogens with zero attached hydrogens (tertiary/aromatic N) is 2. The van der Waals surface area contributed by atoms with Gasteiger partial charge in [0.2, 0.25) is 5.91 Å². The summed E-state index contributed by atoms with van der Waals surface area (Å²) in [6, 6.07) is 1.95. The summed E-state index contributed by atoms with van der Waals surface area (Å²) >= 11 is 0. The van der Waals surface area contributed by atoms with Gasteiger partial charge in [0.15, 0.2) is 0 Å². The predicted molar refractivity (Wildman–Crippen MR) is 50.9 cm³/mol. The second-order valence-corrected chi connectivity index (χ2v) is 3.26. The van der Waals surface area contributed by atoms with Gasteiger partial charge in [0.1, 0.15) is 0 Å². The Labute approximate surface area is 79.5 Å². The second kappa shape index (κ2) is 5.55. The maximum Gasteiger partial charge on any atom is 0.236 e. The molecule has 0 bridgehead atoms. The predicted octanol–water partition coefficient (Wildman–Crippen LogP) is 0.212. The van der Waals surface area contributed by atoms with E-state index in [4.69, 9.17) is 5.26 Å². The van der Waals surface area contributed by atoms with Gasteiger partial charge in [0, 0.05) is 13.6 Å². The van der Waals surface area contributed by atoms with Crippen LogP contribution in [0.3, 0.4) is 0 Å². The first-order valence-corrected chi connectivity index (χ1v) is 4.34. The van der Waals surface area contributed by atoms with Crippen molar-refractivity contribution in [1.29, 1.82) is 5.26 Å². The smallest absolute Gasteiger partial charge is 0.236 e. The summed E-state index contributed by atoms with van der Waals surface area (Å²) < 4.78 is 0. The molecule has 0 fully saturated rings. The van der Waals surface area contributed by atoms with E-state index in [1.54, 1.807) is 7.05 Å². The molecule has 0 aromatic heterocycles. The van der Waals surface area contributed by atoms with Crippen molar-refractivity contribution in [2.75, 3.05) is 20.6 Å². The highest BCUT2D eigenvalue weighted by molar-refractivity contribution is 5.80. The van der Waals surface area contributed by atoms with E-state index >= 15 is 0 Å². The lowest BCUT2D eigenvalue weighted by Crippen LogP contribution is -2.43. The zero-order valence-corrected chi connectivity index (χ0v) is 8.66. The monoisotopic (exact) mass is 183 g/mol. The molecule has 0 spiro atoms. The molecule has 0 radical (unpaired) electrons. The Bertz CT molecular complexity index is 209. The zero-order chi connectivity index (χ0) is 10.4. The zero-order valence-electron chi connectivity index (χ0n) is 8.66. The normalized spacial score (nSPS) is 14.8. The Kier molecular flexibility index (Phi) is 5.09. The van der Waals surface area contributed by atoms with Crippen molar-refractivity contribution in [3.8, 4) is 6.07 Å². The molecule has 13 heavy (non-hydrogen) atoms. The summed E-state index contributed by atoms with van der Waals surface area (Å²) in [5.41, 5.74) is 0. The Morgan fingerprint density at radius 2 is 2.15 bits per heavy atom. The average Bonchev–Trinajstić information content (AvgIpc) is 2.14. The van der Waals surface area contributed by atoms with Crippen LogP contribution in [0.25, 0.3) is 0 Å². The number of likely N-dealkylation sites (N-methyl/N-ethyl adjacent to an activating group) is 2. The SMILES string of the molecule is CNC(=O)C(C)N(C)CC(C)C#N. The summed E-state index contributed by atoms with van der Waals surface area (Å²) in [6.07, 6.45) is 0. The van der Waals surface area contributed by atoms with Crippen LogP contribution >= 0.6 is 0 Å². The third-order valence-corrected chi connectivity index (χ3v) is 2.07. The van der Waals surface area contributed by atoms with Crippen LogP contribution in [0.15, 0.2) is 0 Å². The molecule has 1 N–H and O–H groups in total. The van der Waals surface area contributed by atoms with Gasteiger partial charge in [-0.1, -0.05) is 0 Å². The van der Waals surface area contributed by atoms with E-state index in [1.165, 1.54) is 0 Å². The fourth-order valence-electron chi connectivity index (χ4n) is 1.04. The van der Waals surface area contributed by atoms with Gasteiger partial charge in [-0.05, 0) is 20.9 Å². The average molecular weight is 183 g/mol. The van der Waals surface area contributed by atoms with Gasteiger partial charge in [0.25, 0.3) is 0 Å². The molecule has 0 saturated heterocycles. The second-order valence-electron chi connectivity index (χ2n) is 3.26. The molecule has 0 heterocycles. The largest absolute Gasteiger partial charge is 0.358 e. The van der Waals surface area contributed by atoms with Crippen molar-refractivity contribution in [2.45, 2.75) is 19.9 Å². The molecule has 0 aliphatic heterocycles. The number of amides is 1. The molecule has 0 rings (SSSR count). The number of hydrogen-bond acceptors (Lipinski definition) is 3. The lowest BCUT2D eigenvalue weighted by molar-refractivity contribution is -0.125. The van der Waals surface area contributed by atoms with Gasteiger partial charge in [0.05, 0.1) is 18.0 Å². The van der Waals surface area contributed by atoms with E-state index in [-0.39, 0.29) is 17.9 Å². The maximum atomic E-state index is 11.2. The van der Waals surface area contributed by atoms with E-state index in [0.717, 1.165) is 0 Å². The number of rotatable bonds is 4. The van der Waals surface area contributed by atoms with Crippen LogP contribution in [0.2, 0.25) is 0 Å². The highest BCUT2D eigenvalue weighted by Gasteiger charge is 2.17. The first-order valence-electron chi connectivity index (χ1n) is 4.34. The fourth-order valence-corrected chi connectivity index (χ4v) is 1.04. The summed E-state index contributed by atoms with van der Waals surface area (Å²) in [4.78, 5) is 13.1. The highest BCUT2D eigenvalue weighted by Crippen LogP contribution is 2.01. The Hall–Kier alpha value is -1.08. The standard InChI is InChI=1S/C9H17N3O/c1-7(5-10)6-12(4)8(2)9(13)11-3/h7-8H,6H2,1-4H3,(H,11,13). The molecule has 0 aliphatic carbocycles. The molecule has 2 unspecified atom stereocenters. The Morgan fingerprint density at radius 3 is 2.54 bits per heavy atom. The number of carbonyl (C=O) groups is 1. The number of carbonyl (C=O) groups excluding carboxylic acids is 1. The van der Waals surface area contributed by atoms with Crippen LogP contribution in [0.1, 0.15) is 13.8 Å². The van der Waals surface area contributed by atoms with Crippen molar-refractivity contribution >= 4 is 5.91 Å². The minimum atomic E-state index is -0.180. The summed E-state index contributed by atoms with van der Waals surface area (Å²) in [6.45, 7) is 4.28. The van der Waals surface area contributed by atoms with Crippen molar-refractivity contribution in [2.24, 2.45) is 5.92 Å². The fraction of sp³-hybridized carbons (Fsp3) is 0.778. The van der Waals surface area contributed by atoms with Crippen molar-refractivity contribution in [3.05, 3.63) is 0 Å². The summed E-state index contributed by atoms with van der Waals surface area (Å²) in [5.74, 6) is -0.0651. The molecule has 0 aromatic carbocycles. The number of nitriles is 1. The number of hydrogen-bond donors (Lipinski definition) is 1. The lowest BCUT2D eigenvalue weighted by atomic mass is 10.1. The van der Waals surface area contributed by atoms with Crippen LogP contribution < -0.4 is 5.32 Å². The Balaban J connectivity index is 4.04. The molecule has 2 atom stereocenters. The van der Waals surface area contributed by atoms with E-state index < -0.39 is 0 Å². The van der Waals surface area contributed by atoms with Crippen LogP contribution in [0.5, 0.6) is 0 Å². The maximum absolute atomic E-state index is 11.2. The number of nitrogens with one attached hydrogen (secondary N) is 1. The van der Waals surface area contributed by atoms with Crippen LogP contribution in [-0.2, 0) is 4.79 Å². The minimum Gasteiger partial charge on any atom is -0.358 e. The first-order chi connectivity index (χ1) is 6.02. The van der Waals surface area contributed by atoms with Gasteiger partial charge >= 0.3 is 0 Å². The van der Waals surface area contributed by atoms with Gasteiger partial charge < -0.3 is 5.32 Å².